The highest BCUT2D eigenvalue weighted by Gasteiger charge is 1.92. The van der Waals surface area contributed by atoms with Gasteiger partial charge in [0.15, 0.2) is 0 Å². The van der Waals surface area contributed by atoms with Crippen molar-refractivity contribution in [1.29, 1.82) is 0 Å². The van der Waals surface area contributed by atoms with E-state index in [1.54, 1.807) is 0 Å². The fourth-order valence-electron chi connectivity index (χ4n) is 0.930. The smallest absolute Gasteiger partial charge is 0.0128 e. The van der Waals surface area contributed by atoms with E-state index in [0.29, 0.717) is 0 Å². The zero-order valence-electron chi connectivity index (χ0n) is 6.52. The number of aryl methyl sites for hydroxylation is 2. The van der Waals surface area contributed by atoms with Crippen molar-refractivity contribution in [2.75, 3.05) is 0 Å². The predicted octanol–water partition coefficient (Wildman–Crippen LogP) is 2.68. The van der Waals surface area contributed by atoms with Crippen molar-refractivity contribution in [2.24, 2.45) is 0 Å². The van der Waals surface area contributed by atoms with Gasteiger partial charge in [0.25, 0.3) is 0 Å². The van der Waals surface area contributed by atoms with E-state index in [2.05, 4.69) is 41.3 Å². The zero-order chi connectivity index (χ0) is 7.56. The Kier molecular flexibility index (Phi) is 2.45. The van der Waals surface area contributed by atoms with E-state index in [-0.39, 0.29) is 0 Å². The molecule has 1 unspecified atom stereocenters. The molecule has 1 aromatic rings. The van der Waals surface area contributed by atoms with Crippen LogP contribution in [0.4, 0.5) is 0 Å². The fraction of sp³-hybridized carbons (Fsp3) is 0.333. The molecular weight excluding hydrogens is 139 g/mol. The maximum absolute atomic E-state index is 2.73. The van der Waals surface area contributed by atoms with Crippen LogP contribution in [0.3, 0.4) is 0 Å². The number of rotatable bonds is 1. The Bertz CT molecular complexity index is 228. The van der Waals surface area contributed by atoms with Crippen molar-refractivity contribution < 1.29 is 0 Å². The molecule has 0 aliphatic carbocycles. The van der Waals surface area contributed by atoms with Crippen LogP contribution < -0.4 is 0 Å². The van der Waals surface area contributed by atoms with Crippen molar-refractivity contribution in [3.05, 3.63) is 34.9 Å². The lowest BCUT2D eigenvalue weighted by Gasteiger charge is -2.01. The first-order valence-corrected chi connectivity index (χ1v) is 4.32. The Morgan fingerprint density at radius 1 is 1.20 bits per heavy atom. The molecule has 0 nitrogen and oxygen atoms in total. The molecule has 1 aromatic carbocycles. The topological polar surface area (TPSA) is 0 Å². The highest BCUT2D eigenvalue weighted by atomic mass is 31.0. The predicted molar refractivity (Wildman–Crippen MR) is 49.3 cm³/mol. The second kappa shape index (κ2) is 3.16. The van der Waals surface area contributed by atoms with Gasteiger partial charge in [-0.2, -0.15) is 0 Å². The van der Waals surface area contributed by atoms with Crippen LogP contribution in [0.1, 0.15) is 16.7 Å². The first kappa shape index (κ1) is 7.75. The second-order valence-electron chi connectivity index (χ2n) is 2.62. The lowest BCUT2D eigenvalue weighted by molar-refractivity contribution is 1.29. The molecule has 0 fully saturated rings. The van der Waals surface area contributed by atoms with Crippen LogP contribution in [0.15, 0.2) is 18.2 Å². The van der Waals surface area contributed by atoms with Crippen molar-refractivity contribution in [3.63, 3.8) is 0 Å². The third-order valence-corrected chi connectivity index (χ3v) is 2.28. The summed E-state index contributed by atoms with van der Waals surface area (Å²) in [6, 6.07) is 6.59. The van der Waals surface area contributed by atoms with Gasteiger partial charge < -0.3 is 0 Å². The average molecular weight is 152 g/mol. The summed E-state index contributed by atoms with van der Waals surface area (Å²) < 4.78 is 0. The molecule has 0 bridgehead atoms. The standard InChI is InChI=1S/C9H13P/c1-7-3-4-9(6-10)5-8(7)2/h3-5H,6,10H2,1-2H3. The number of hydrogen-bond acceptors (Lipinski definition) is 0. The van der Waals surface area contributed by atoms with Gasteiger partial charge in [-0.1, -0.05) is 18.2 Å². The van der Waals surface area contributed by atoms with E-state index in [1.165, 1.54) is 16.7 Å². The van der Waals surface area contributed by atoms with E-state index in [0.717, 1.165) is 6.16 Å². The molecule has 0 heterocycles. The summed E-state index contributed by atoms with van der Waals surface area (Å²) in [5.41, 5.74) is 4.16. The van der Waals surface area contributed by atoms with Gasteiger partial charge in [-0.3, -0.25) is 0 Å². The van der Waals surface area contributed by atoms with Gasteiger partial charge in [-0.05, 0) is 36.7 Å². The number of hydrogen-bond donors (Lipinski definition) is 0. The summed E-state index contributed by atoms with van der Waals surface area (Å²) in [6.07, 6.45) is 1.06. The molecule has 0 saturated heterocycles. The highest BCUT2D eigenvalue weighted by Crippen LogP contribution is 2.11. The molecule has 0 saturated carbocycles. The van der Waals surface area contributed by atoms with Crippen LogP contribution in [-0.2, 0) is 6.16 Å². The molecule has 1 atom stereocenters. The van der Waals surface area contributed by atoms with E-state index in [9.17, 15) is 0 Å². The third-order valence-electron chi connectivity index (χ3n) is 1.81. The SMILES string of the molecule is Cc1ccc(CP)cc1C. The minimum atomic E-state index is 1.06. The highest BCUT2D eigenvalue weighted by molar-refractivity contribution is 7.15. The Hall–Kier alpha value is -0.350. The lowest BCUT2D eigenvalue weighted by atomic mass is 10.1. The molecule has 0 spiro atoms. The number of benzene rings is 1. The van der Waals surface area contributed by atoms with Gasteiger partial charge in [-0.25, -0.2) is 0 Å². The van der Waals surface area contributed by atoms with E-state index < -0.39 is 0 Å². The Labute approximate surface area is 64.9 Å². The summed E-state index contributed by atoms with van der Waals surface area (Å²) in [4.78, 5) is 0. The molecule has 0 aromatic heterocycles. The molecular formula is C9H13P. The van der Waals surface area contributed by atoms with Gasteiger partial charge in [-0.15, -0.1) is 9.24 Å². The van der Waals surface area contributed by atoms with Gasteiger partial charge in [0.2, 0.25) is 0 Å². The van der Waals surface area contributed by atoms with E-state index >= 15 is 0 Å². The van der Waals surface area contributed by atoms with Crippen molar-refractivity contribution in [1.82, 2.24) is 0 Å². The van der Waals surface area contributed by atoms with Crippen LogP contribution in [-0.4, -0.2) is 0 Å². The molecule has 1 rings (SSSR count). The average Bonchev–Trinajstić information content (AvgIpc) is 1.95. The van der Waals surface area contributed by atoms with Crippen LogP contribution in [0.5, 0.6) is 0 Å². The van der Waals surface area contributed by atoms with Gasteiger partial charge >= 0.3 is 0 Å². The molecule has 0 aliphatic heterocycles. The van der Waals surface area contributed by atoms with Crippen LogP contribution >= 0.6 is 9.24 Å². The summed E-state index contributed by atoms with van der Waals surface area (Å²) in [6.45, 7) is 4.29. The van der Waals surface area contributed by atoms with Crippen LogP contribution in [0.25, 0.3) is 0 Å². The van der Waals surface area contributed by atoms with E-state index in [4.69, 9.17) is 0 Å². The molecule has 0 N–H and O–H groups in total. The second-order valence-corrected chi connectivity index (χ2v) is 3.03. The van der Waals surface area contributed by atoms with Crippen LogP contribution in [0, 0.1) is 13.8 Å². The van der Waals surface area contributed by atoms with Crippen LogP contribution in [0.2, 0.25) is 0 Å². The minimum Gasteiger partial charge on any atom is -0.133 e. The monoisotopic (exact) mass is 152 g/mol. The largest absolute Gasteiger partial charge is 0.133 e. The molecule has 0 amide bonds. The summed E-state index contributed by atoms with van der Waals surface area (Å²) in [7, 11) is 2.73. The first-order chi connectivity index (χ1) is 4.74. The summed E-state index contributed by atoms with van der Waals surface area (Å²) >= 11 is 0. The Morgan fingerprint density at radius 3 is 2.40 bits per heavy atom. The Balaban J connectivity index is 3.04. The molecule has 0 aliphatic rings. The lowest BCUT2D eigenvalue weighted by Crippen LogP contribution is -1.82. The molecule has 10 heavy (non-hydrogen) atoms. The van der Waals surface area contributed by atoms with Crippen molar-refractivity contribution >= 4 is 9.24 Å². The Morgan fingerprint density at radius 2 is 1.90 bits per heavy atom. The minimum absolute atomic E-state index is 1.06. The summed E-state index contributed by atoms with van der Waals surface area (Å²) in [5, 5.41) is 0. The maximum atomic E-state index is 2.73. The molecule has 54 valence electrons. The summed E-state index contributed by atoms with van der Waals surface area (Å²) in [5.74, 6) is 0. The van der Waals surface area contributed by atoms with Crippen molar-refractivity contribution in [2.45, 2.75) is 20.0 Å². The van der Waals surface area contributed by atoms with E-state index in [1.807, 2.05) is 0 Å². The molecule has 0 radical (unpaired) electrons. The fourth-order valence-corrected chi connectivity index (χ4v) is 1.18. The van der Waals surface area contributed by atoms with Crippen molar-refractivity contribution in [3.8, 4) is 0 Å². The van der Waals surface area contributed by atoms with Gasteiger partial charge in [0.1, 0.15) is 0 Å². The zero-order valence-corrected chi connectivity index (χ0v) is 7.67. The molecule has 1 heteroatoms. The maximum Gasteiger partial charge on any atom is -0.0128 e. The van der Waals surface area contributed by atoms with Gasteiger partial charge in [0, 0.05) is 0 Å². The normalized spacial score (nSPS) is 9.90. The first-order valence-electron chi connectivity index (χ1n) is 3.50. The quantitative estimate of drug-likeness (QED) is 0.543. The third kappa shape index (κ3) is 1.58. The van der Waals surface area contributed by atoms with Gasteiger partial charge in [0.05, 0.1) is 0 Å².